The number of carbonyl (C=O) groups excluding carboxylic acids is 1. The number of pyridine rings is 1. The van der Waals surface area contributed by atoms with Crippen LogP contribution >= 0.6 is 0 Å². The third-order valence-corrected chi connectivity index (χ3v) is 7.20. The van der Waals surface area contributed by atoms with E-state index in [2.05, 4.69) is 31.2 Å². The van der Waals surface area contributed by atoms with Gasteiger partial charge in [-0.25, -0.2) is 0 Å². The highest BCUT2D eigenvalue weighted by molar-refractivity contribution is 6.04. The summed E-state index contributed by atoms with van der Waals surface area (Å²) in [4.78, 5) is 33.5. The van der Waals surface area contributed by atoms with E-state index in [4.69, 9.17) is 14.5 Å². The van der Waals surface area contributed by atoms with Crippen molar-refractivity contribution in [1.29, 1.82) is 0 Å². The average Bonchev–Trinajstić information content (AvgIpc) is 3.50. The van der Waals surface area contributed by atoms with E-state index in [1.807, 2.05) is 19.2 Å². The van der Waals surface area contributed by atoms with Gasteiger partial charge in [0.1, 0.15) is 17.6 Å². The number of carbonyl (C=O) groups is 1. The molecule has 0 bridgehead atoms. The quantitative estimate of drug-likeness (QED) is 0.573. The molecule has 2 N–H and O–H groups in total. The number of amides is 1. The van der Waals surface area contributed by atoms with E-state index in [0.717, 1.165) is 50.2 Å². The van der Waals surface area contributed by atoms with Crippen LogP contribution < -0.4 is 15.0 Å². The predicted molar refractivity (Wildman–Crippen MR) is 135 cm³/mol. The van der Waals surface area contributed by atoms with Gasteiger partial charge >= 0.3 is 6.01 Å². The minimum absolute atomic E-state index is 0.150. The van der Waals surface area contributed by atoms with Crippen LogP contribution in [0.4, 0.5) is 5.82 Å². The second-order valence-electron chi connectivity index (χ2n) is 9.82. The normalized spacial score (nSPS) is 22.8. The Labute approximate surface area is 211 Å². The maximum absolute atomic E-state index is 13.1. The van der Waals surface area contributed by atoms with Gasteiger partial charge in [-0.15, -0.1) is 0 Å². The molecule has 1 amide bonds. The number of rotatable bonds is 8. The van der Waals surface area contributed by atoms with Crippen molar-refractivity contribution in [2.24, 2.45) is 10.9 Å². The highest BCUT2D eigenvalue weighted by Gasteiger charge is 2.31. The molecule has 0 radical (unpaired) electrons. The molecule has 5 rings (SSSR count). The Bertz CT molecular complexity index is 1120. The SMILES string of the molecule is COC[C@@H](C)Oc1nc(C(=O)N[C@@H]2CCC[C@H]2O)cc(N2CCC(C3=NCc4ncccc43)CC2)n1. The number of ether oxygens (including phenoxy) is 2. The van der Waals surface area contributed by atoms with Crippen molar-refractivity contribution in [2.75, 3.05) is 31.7 Å². The van der Waals surface area contributed by atoms with Gasteiger partial charge in [0.15, 0.2) is 0 Å². The Morgan fingerprint density at radius 1 is 1.25 bits per heavy atom. The first-order chi connectivity index (χ1) is 17.5. The number of anilines is 1. The number of aliphatic imine (C=N–C) groups is 1. The Morgan fingerprint density at radius 2 is 2.08 bits per heavy atom. The summed E-state index contributed by atoms with van der Waals surface area (Å²) < 4.78 is 11.1. The van der Waals surface area contributed by atoms with E-state index in [9.17, 15) is 9.90 Å². The van der Waals surface area contributed by atoms with Gasteiger partial charge in [-0.3, -0.25) is 14.8 Å². The predicted octanol–water partition coefficient (Wildman–Crippen LogP) is 2.15. The molecular formula is C26H34N6O4. The average molecular weight is 495 g/mol. The number of methoxy groups -OCH3 is 1. The summed E-state index contributed by atoms with van der Waals surface area (Å²) in [6, 6.07) is 5.70. The molecular weight excluding hydrogens is 460 g/mol. The minimum atomic E-state index is -0.523. The first kappa shape index (κ1) is 24.6. The molecule has 36 heavy (non-hydrogen) atoms. The molecule has 192 valence electrons. The summed E-state index contributed by atoms with van der Waals surface area (Å²) in [5.41, 5.74) is 3.63. The highest BCUT2D eigenvalue weighted by Crippen LogP contribution is 2.30. The van der Waals surface area contributed by atoms with Gasteiger partial charge < -0.3 is 24.8 Å². The van der Waals surface area contributed by atoms with Crippen LogP contribution in [0.1, 0.15) is 60.8 Å². The summed E-state index contributed by atoms with van der Waals surface area (Å²) >= 11 is 0. The molecule has 0 spiro atoms. The summed E-state index contributed by atoms with van der Waals surface area (Å²) in [6.07, 6.45) is 5.25. The lowest BCUT2D eigenvalue weighted by molar-refractivity contribution is 0.0826. The molecule has 4 heterocycles. The fourth-order valence-corrected chi connectivity index (χ4v) is 5.32. The van der Waals surface area contributed by atoms with E-state index >= 15 is 0 Å². The van der Waals surface area contributed by atoms with Crippen molar-refractivity contribution < 1.29 is 19.4 Å². The number of aliphatic hydroxyl groups excluding tert-OH is 1. The van der Waals surface area contributed by atoms with E-state index in [0.29, 0.717) is 31.3 Å². The Balaban J connectivity index is 1.31. The highest BCUT2D eigenvalue weighted by atomic mass is 16.5. The Hall–Kier alpha value is -3.11. The van der Waals surface area contributed by atoms with Gasteiger partial charge in [0, 0.05) is 49.7 Å². The monoisotopic (exact) mass is 494 g/mol. The van der Waals surface area contributed by atoms with E-state index in [-0.39, 0.29) is 29.8 Å². The smallest absolute Gasteiger partial charge is 0.319 e. The number of hydrogen-bond acceptors (Lipinski definition) is 9. The van der Waals surface area contributed by atoms with Gasteiger partial charge in [0.2, 0.25) is 0 Å². The lowest BCUT2D eigenvalue weighted by atomic mass is 9.88. The molecule has 10 nitrogen and oxygen atoms in total. The summed E-state index contributed by atoms with van der Waals surface area (Å²) in [6.45, 7) is 4.48. The van der Waals surface area contributed by atoms with Gasteiger partial charge in [-0.1, -0.05) is 0 Å². The third kappa shape index (κ3) is 5.34. The molecule has 1 saturated carbocycles. The second-order valence-corrected chi connectivity index (χ2v) is 9.82. The summed E-state index contributed by atoms with van der Waals surface area (Å²) in [5, 5.41) is 13.1. The zero-order chi connectivity index (χ0) is 25.1. The zero-order valence-electron chi connectivity index (χ0n) is 20.9. The minimum Gasteiger partial charge on any atom is -0.458 e. The van der Waals surface area contributed by atoms with Gasteiger partial charge in [-0.2, -0.15) is 9.97 Å². The van der Waals surface area contributed by atoms with Crippen molar-refractivity contribution in [3.63, 3.8) is 0 Å². The lowest BCUT2D eigenvalue weighted by Crippen LogP contribution is -2.40. The van der Waals surface area contributed by atoms with Crippen molar-refractivity contribution in [1.82, 2.24) is 20.3 Å². The van der Waals surface area contributed by atoms with Gasteiger partial charge in [-0.05, 0) is 51.2 Å². The van der Waals surface area contributed by atoms with Crippen molar-refractivity contribution in [3.8, 4) is 6.01 Å². The van der Waals surface area contributed by atoms with Crippen molar-refractivity contribution in [3.05, 3.63) is 41.3 Å². The van der Waals surface area contributed by atoms with Crippen molar-refractivity contribution >= 4 is 17.4 Å². The molecule has 0 aromatic carbocycles. The second kappa shape index (κ2) is 10.9. The number of nitrogens with one attached hydrogen (secondary N) is 1. The number of fused-ring (bicyclic) bond motifs is 1. The first-order valence-corrected chi connectivity index (χ1v) is 12.8. The molecule has 10 heteroatoms. The number of aromatic nitrogens is 3. The number of hydrogen-bond donors (Lipinski definition) is 2. The van der Waals surface area contributed by atoms with Crippen LogP contribution in [-0.2, 0) is 11.3 Å². The van der Waals surface area contributed by atoms with E-state index < -0.39 is 6.10 Å². The molecule has 2 aliphatic heterocycles. The number of aliphatic hydroxyl groups is 1. The Kier molecular flexibility index (Phi) is 7.43. The summed E-state index contributed by atoms with van der Waals surface area (Å²) in [5.74, 6) is 0.710. The fraction of sp³-hybridized carbons (Fsp3) is 0.577. The first-order valence-electron chi connectivity index (χ1n) is 12.8. The van der Waals surface area contributed by atoms with E-state index in [1.165, 1.54) is 5.56 Å². The molecule has 2 fully saturated rings. The molecule has 3 atom stereocenters. The van der Waals surface area contributed by atoms with E-state index in [1.54, 1.807) is 13.2 Å². The number of nitrogens with zero attached hydrogens (tertiary/aromatic N) is 5. The molecule has 2 aromatic rings. The standard InChI is InChI=1S/C26H34N6O4/c1-16(15-35-2)36-26-30-20(25(34)29-19-6-3-7-22(19)33)13-23(31-26)32-11-8-17(9-12-32)24-18-5-4-10-27-21(18)14-28-24/h4-5,10,13,16-17,19,22,33H,3,6-9,11-12,14-15H2,1-2H3,(H,29,34)/t16-,19-,22-/m1/s1. The van der Waals surface area contributed by atoms with Gasteiger partial charge in [0.05, 0.1) is 31.0 Å². The van der Waals surface area contributed by atoms with Crippen molar-refractivity contribution in [2.45, 2.75) is 63.8 Å². The number of piperidine rings is 1. The van der Waals surface area contributed by atoms with Crippen LogP contribution in [0.2, 0.25) is 0 Å². The maximum Gasteiger partial charge on any atom is 0.319 e. The van der Waals surface area contributed by atoms with Crippen LogP contribution in [0.25, 0.3) is 0 Å². The zero-order valence-corrected chi connectivity index (χ0v) is 20.9. The molecule has 2 aromatic heterocycles. The van der Waals surface area contributed by atoms with Crippen LogP contribution in [-0.4, -0.2) is 76.7 Å². The Morgan fingerprint density at radius 3 is 2.83 bits per heavy atom. The van der Waals surface area contributed by atoms with Crippen LogP contribution in [0.3, 0.4) is 0 Å². The molecule has 3 aliphatic rings. The molecule has 1 aliphatic carbocycles. The van der Waals surface area contributed by atoms with Gasteiger partial charge in [0.25, 0.3) is 5.91 Å². The third-order valence-electron chi connectivity index (χ3n) is 7.20. The molecule has 1 saturated heterocycles. The lowest BCUT2D eigenvalue weighted by Gasteiger charge is -2.33. The van der Waals surface area contributed by atoms with Crippen LogP contribution in [0, 0.1) is 5.92 Å². The topological polar surface area (TPSA) is 122 Å². The largest absolute Gasteiger partial charge is 0.458 e. The molecule has 0 unspecified atom stereocenters. The fourth-order valence-electron chi connectivity index (χ4n) is 5.32. The maximum atomic E-state index is 13.1. The van der Waals surface area contributed by atoms with Crippen LogP contribution in [0.5, 0.6) is 6.01 Å². The van der Waals surface area contributed by atoms with Crippen LogP contribution in [0.15, 0.2) is 29.4 Å². The summed E-state index contributed by atoms with van der Waals surface area (Å²) in [7, 11) is 1.61.